The van der Waals surface area contributed by atoms with Gasteiger partial charge in [0.1, 0.15) is 0 Å². The van der Waals surface area contributed by atoms with E-state index in [4.69, 9.17) is 0 Å². The second-order valence-electron chi connectivity index (χ2n) is 10.1. The van der Waals surface area contributed by atoms with Gasteiger partial charge in [0.15, 0.2) is 0 Å². The van der Waals surface area contributed by atoms with Crippen LogP contribution in [0.15, 0.2) is 146 Å². The fraction of sp³-hybridized carbons (Fsp3) is 0.0270. The van der Waals surface area contributed by atoms with Gasteiger partial charge in [0.2, 0.25) is 0 Å². The summed E-state index contributed by atoms with van der Waals surface area (Å²) in [4.78, 5) is 0. The molecule has 0 unspecified atom stereocenters. The molecule has 0 amide bonds. The van der Waals surface area contributed by atoms with Crippen LogP contribution in [0.5, 0.6) is 0 Å². The molecular formula is C37H25N. The lowest BCUT2D eigenvalue weighted by Crippen LogP contribution is -1.99. The Morgan fingerprint density at radius 2 is 1.00 bits per heavy atom. The van der Waals surface area contributed by atoms with E-state index in [1.165, 1.54) is 66.4 Å². The third-order valence-corrected chi connectivity index (χ3v) is 8.10. The van der Waals surface area contributed by atoms with Crippen molar-refractivity contribution in [2.24, 2.45) is 0 Å². The van der Waals surface area contributed by atoms with Crippen LogP contribution in [-0.2, 0) is 0 Å². The third-order valence-electron chi connectivity index (χ3n) is 8.10. The maximum Gasteiger partial charge on any atom is 0.0541 e. The highest BCUT2D eigenvalue weighted by Crippen LogP contribution is 2.48. The first-order chi connectivity index (χ1) is 18.9. The van der Waals surface area contributed by atoms with Crippen LogP contribution >= 0.6 is 0 Å². The lowest BCUT2D eigenvalue weighted by Gasteiger charge is -2.15. The number of benzene rings is 6. The Labute approximate surface area is 222 Å². The molecule has 178 valence electrons. The lowest BCUT2D eigenvalue weighted by molar-refractivity contribution is 1.02. The van der Waals surface area contributed by atoms with Gasteiger partial charge in [-0.3, -0.25) is 0 Å². The Hall–Kier alpha value is -4.88. The molecule has 0 N–H and O–H groups in total. The Morgan fingerprint density at radius 3 is 1.74 bits per heavy atom. The highest BCUT2D eigenvalue weighted by Gasteiger charge is 2.29. The molecule has 0 bridgehead atoms. The smallest absolute Gasteiger partial charge is 0.0541 e. The quantitative estimate of drug-likeness (QED) is 0.236. The van der Waals surface area contributed by atoms with E-state index in [0.29, 0.717) is 0 Å². The van der Waals surface area contributed by atoms with Gasteiger partial charge in [-0.2, -0.15) is 0 Å². The minimum Gasteiger partial charge on any atom is -0.309 e. The van der Waals surface area contributed by atoms with Crippen LogP contribution < -0.4 is 0 Å². The average molecular weight is 484 g/mol. The normalized spacial score (nSPS) is 12.6. The molecule has 0 aliphatic heterocycles. The fourth-order valence-electron chi connectivity index (χ4n) is 6.40. The lowest BCUT2D eigenvalue weighted by atomic mass is 9.88. The summed E-state index contributed by atoms with van der Waals surface area (Å²) < 4.78 is 2.40. The second-order valence-corrected chi connectivity index (χ2v) is 10.1. The molecule has 1 nitrogen and oxygen atoms in total. The van der Waals surface area contributed by atoms with Gasteiger partial charge in [-0.05, 0) is 69.3 Å². The molecule has 6 aromatic carbocycles. The molecule has 7 aromatic rings. The highest BCUT2D eigenvalue weighted by atomic mass is 15.0. The van der Waals surface area contributed by atoms with E-state index in [-0.39, 0.29) is 5.92 Å². The second kappa shape index (κ2) is 8.33. The van der Waals surface area contributed by atoms with Crippen LogP contribution in [0.2, 0.25) is 0 Å². The first-order valence-corrected chi connectivity index (χ1v) is 13.2. The molecule has 0 saturated heterocycles. The molecular weight excluding hydrogens is 458 g/mol. The topological polar surface area (TPSA) is 4.93 Å². The standard InChI is InChI=1S/C37H25N/c1-2-10-25(11-3-1)26-18-21-28(22-19-26)38-35-17-9-8-14-31(35)34-24-27(20-23-36(34)38)37-32-15-6-4-12-29(32)30-13-5-7-16-33(30)37/h1-24,37H. The monoisotopic (exact) mass is 483 g/mol. The van der Waals surface area contributed by atoms with Crippen molar-refractivity contribution in [1.29, 1.82) is 0 Å². The zero-order valence-electron chi connectivity index (χ0n) is 20.9. The van der Waals surface area contributed by atoms with Gasteiger partial charge in [-0.1, -0.05) is 115 Å². The predicted molar refractivity (Wildman–Crippen MR) is 159 cm³/mol. The van der Waals surface area contributed by atoms with Crippen LogP contribution in [0, 0.1) is 0 Å². The Kier molecular flexibility index (Phi) is 4.65. The van der Waals surface area contributed by atoms with Crippen molar-refractivity contribution in [3.8, 4) is 27.9 Å². The maximum absolute atomic E-state index is 2.43. The molecule has 8 rings (SSSR count). The summed E-state index contributed by atoms with van der Waals surface area (Å²) in [6.45, 7) is 0. The number of aromatic nitrogens is 1. The Bertz CT molecular complexity index is 1910. The van der Waals surface area contributed by atoms with E-state index < -0.39 is 0 Å². The summed E-state index contributed by atoms with van der Waals surface area (Å²) in [7, 11) is 0. The number of nitrogens with zero attached hydrogens (tertiary/aromatic N) is 1. The molecule has 1 aliphatic rings. The number of fused-ring (bicyclic) bond motifs is 6. The van der Waals surface area contributed by atoms with Crippen LogP contribution in [-0.4, -0.2) is 4.57 Å². The summed E-state index contributed by atoms with van der Waals surface area (Å²) in [5.74, 6) is 0.249. The number of para-hydroxylation sites is 1. The van der Waals surface area contributed by atoms with Crippen LogP contribution in [0.25, 0.3) is 49.7 Å². The molecule has 38 heavy (non-hydrogen) atoms. The van der Waals surface area contributed by atoms with Crippen LogP contribution in [0.1, 0.15) is 22.6 Å². The molecule has 1 heterocycles. The van der Waals surface area contributed by atoms with Crippen LogP contribution in [0.3, 0.4) is 0 Å². The number of hydrogen-bond donors (Lipinski definition) is 0. The van der Waals surface area contributed by atoms with Crippen molar-refractivity contribution >= 4 is 21.8 Å². The fourth-order valence-corrected chi connectivity index (χ4v) is 6.40. The van der Waals surface area contributed by atoms with Gasteiger partial charge in [0, 0.05) is 22.4 Å². The molecule has 0 fully saturated rings. The molecule has 0 spiro atoms. The molecule has 1 heteroatoms. The van der Waals surface area contributed by atoms with E-state index in [2.05, 4.69) is 150 Å². The van der Waals surface area contributed by atoms with Gasteiger partial charge in [-0.15, -0.1) is 0 Å². The van der Waals surface area contributed by atoms with Crippen molar-refractivity contribution < 1.29 is 0 Å². The van der Waals surface area contributed by atoms with Crippen molar-refractivity contribution in [3.05, 3.63) is 162 Å². The van der Waals surface area contributed by atoms with E-state index in [0.717, 1.165) is 0 Å². The summed E-state index contributed by atoms with van der Waals surface area (Å²) >= 11 is 0. The Morgan fingerprint density at radius 1 is 0.421 bits per heavy atom. The van der Waals surface area contributed by atoms with Crippen molar-refractivity contribution in [2.75, 3.05) is 0 Å². The van der Waals surface area contributed by atoms with Crippen molar-refractivity contribution in [1.82, 2.24) is 4.57 Å². The third kappa shape index (κ3) is 3.12. The summed E-state index contributed by atoms with van der Waals surface area (Å²) in [6.07, 6.45) is 0. The zero-order valence-corrected chi connectivity index (χ0v) is 20.9. The minimum atomic E-state index is 0.249. The van der Waals surface area contributed by atoms with E-state index in [1.54, 1.807) is 0 Å². The van der Waals surface area contributed by atoms with E-state index >= 15 is 0 Å². The summed E-state index contributed by atoms with van der Waals surface area (Å²) in [5.41, 5.74) is 13.0. The Balaban J connectivity index is 1.31. The number of rotatable bonds is 3. The highest BCUT2D eigenvalue weighted by molar-refractivity contribution is 6.09. The molecule has 1 aliphatic carbocycles. The number of hydrogen-bond acceptors (Lipinski definition) is 0. The first kappa shape index (κ1) is 21.2. The van der Waals surface area contributed by atoms with E-state index in [9.17, 15) is 0 Å². The SMILES string of the molecule is c1ccc(-c2ccc(-n3c4ccccc4c4cc(C5c6ccccc6-c6ccccc65)ccc43)cc2)cc1. The first-order valence-electron chi connectivity index (χ1n) is 13.2. The van der Waals surface area contributed by atoms with Crippen molar-refractivity contribution in [2.45, 2.75) is 5.92 Å². The predicted octanol–water partition coefficient (Wildman–Crippen LogP) is 9.61. The largest absolute Gasteiger partial charge is 0.309 e. The molecule has 1 aromatic heterocycles. The van der Waals surface area contributed by atoms with E-state index in [1.807, 2.05) is 0 Å². The maximum atomic E-state index is 2.43. The molecule has 0 saturated carbocycles. The average Bonchev–Trinajstić information content (AvgIpc) is 3.50. The van der Waals surface area contributed by atoms with Gasteiger partial charge < -0.3 is 4.57 Å². The van der Waals surface area contributed by atoms with Gasteiger partial charge >= 0.3 is 0 Å². The summed E-state index contributed by atoms with van der Waals surface area (Å²) in [5, 5.41) is 2.59. The van der Waals surface area contributed by atoms with Crippen LogP contribution in [0.4, 0.5) is 0 Å². The zero-order chi connectivity index (χ0) is 25.1. The minimum absolute atomic E-state index is 0.249. The summed E-state index contributed by atoms with van der Waals surface area (Å²) in [6, 6.07) is 53.1. The molecule has 0 radical (unpaired) electrons. The van der Waals surface area contributed by atoms with Gasteiger partial charge in [-0.25, -0.2) is 0 Å². The van der Waals surface area contributed by atoms with Gasteiger partial charge in [0.05, 0.1) is 11.0 Å². The van der Waals surface area contributed by atoms with Crippen molar-refractivity contribution in [3.63, 3.8) is 0 Å². The van der Waals surface area contributed by atoms with Gasteiger partial charge in [0.25, 0.3) is 0 Å². The molecule has 0 atom stereocenters.